The quantitative estimate of drug-likeness (QED) is 0.691. The number of ether oxygens (including phenoxy) is 1. The van der Waals surface area contributed by atoms with Crippen molar-refractivity contribution in [1.29, 1.82) is 0 Å². The zero-order valence-electron chi connectivity index (χ0n) is 11.2. The average molecular weight is 293 g/mol. The Morgan fingerprint density at radius 1 is 1.05 bits per heavy atom. The molecule has 106 valence electrons. The van der Waals surface area contributed by atoms with Gasteiger partial charge in [0.2, 0.25) is 0 Å². The van der Waals surface area contributed by atoms with Gasteiger partial charge in [0, 0.05) is 6.07 Å². The summed E-state index contributed by atoms with van der Waals surface area (Å²) in [5.74, 6) is 0.512. The van der Waals surface area contributed by atoms with Crippen LogP contribution in [-0.4, -0.2) is 15.5 Å². The number of hydrogen-bond donors (Lipinski definition) is 1. The molecule has 2 N–H and O–H groups in total. The molecule has 0 unspecified atom stereocenters. The van der Waals surface area contributed by atoms with Gasteiger partial charge in [-0.05, 0) is 31.2 Å². The highest BCUT2D eigenvalue weighted by Crippen LogP contribution is 2.29. The lowest BCUT2D eigenvalue weighted by Crippen LogP contribution is -2.11. The van der Waals surface area contributed by atoms with Crippen LogP contribution in [0.2, 0.25) is 0 Å². The van der Waals surface area contributed by atoms with E-state index in [0.29, 0.717) is 5.75 Å². The van der Waals surface area contributed by atoms with Crippen molar-refractivity contribution in [2.75, 3.05) is 12.8 Å². The highest BCUT2D eigenvalue weighted by atomic mass is 32.2. The average Bonchev–Trinajstić information content (AvgIpc) is 2.41. The van der Waals surface area contributed by atoms with Gasteiger partial charge in [0.1, 0.15) is 10.6 Å². The van der Waals surface area contributed by atoms with Gasteiger partial charge in [-0.15, -0.1) is 0 Å². The zero-order valence-corrected chi connectivity index (χ0v) is 12.0. The lowest BCUT2D eigenvalue weighted by molar-refractivity contribution is 0.412. The van der Waals surface area contributed by atoms with Gasteiger partial charge < -0.3 is 14.7 Å². The van der Waals surface area contributed by atoms with E-state index in [4.69, 9.17) is 14.7 Å². The van der Waals surface area contributed by atoms with Crippen LogP contribution in [0.1, 0.15) is 5.56 Å². The van der Waals surface area contributed by atoms with Crippen molar-refractivity contribution >= 4 is 15.8 Å². The second-order valence-electron chi connectivity index (χ2n) is 4.25. The molecular formula is C14H15NO4S. The number of rotatable bonds is 4. The fourth-order valence-electron chi connectivity index (χ4n) is 1.59. The first kappa shape index (κ1) is 14.2. The second kappa shape index (κ2) is 5.42. The van der Waals surface area contributed by atoms with E-state index in [0.717, 1.165) is 5.56 Å². The molecule has 20 heavy (non-hydrogen) atoms. The Morgan fingerprint density at radius 2 is 1.70 bits per heavy atom. The number of nitrogen functional groups attached to an aromatic ring is 1. The Bertz CT molecular complexity index is 708. The van der Waals surface area contributed by atoms with Crippen LogP contribution in [-0.2, 0) is 10.1 Å². The number of benzene rings is 2. The summed E-state index contributed by atoms with van der Waals surface area (Å²) in [6.45, 7) is 1.87. The molecule has 0 bridgehead atoms. The van der Waals surface area contributed by atoms with Gasteiger partial charge in [0.25, 0.3) is 0 Å². The van der Waals surface area contributed by atoms with Crippen molar-refractivity contribution in [3.05, 3.63) is 48.0 Å². The van der Waals surface area contributed by atoms with Crippen molar-refractivity contribution in [3.63, 3.8) is 0 Å². The monoisotopic (exact) mass is 293 g/mol. The van der Waals surface area contributed by atoms with Crippen LogP contribution in [0.15, 0.2) is 47.4 Å². The molecule has 0 radical (unpaired) electrons. The summed E-state index contributed by atoms with van der Waals surface area (Å²) in [6, 6.07) is 11.0. The van der Waals surface area contributed by atoms with Gasteiger partial charge in [0.05, 0.1) is 12.8 Å². The van der Waals surface area contributed by atoms with Gasteiger partial charge in [-0.3, -0.25) is 0 Å². The first-order chi connectivity index (χ1) is 9.42. The Morgan fingerprint density at radius 3 is 2.30 bits per heavy atom. The van der Waals surface area contributed by atoms with Crippen molar-refractivity contribution in [2.24, 2.45) is 0 Å². The summed E-state index contributed by atoms with van der Waals surface area (Å²) in [6.07, 6.45) is 0. The van der Waals surface area contributed by atoms with Crippen LogP contribution in [0.4, 0.5) is 5.69 Å². The van der Waals surface area contributed by atoms with E-state index < -0.39 is 10.1 Å². The van der Waals surface area contributed by atoms with Crippen molar-refractivity contribution in [1.82, 2.24) is 0 Å². The summed E-state index contributed by atoms with van der Waals surface area (Å²) in [4.78, 5) is 0.0744. The molecule has 2 aromatic carbocycles. The van der Waals surface area contributed by atoms with Gasteiger partial charge in [-0.1, -0.05) is 17.7 Å². The number of methoxy groups -OCH3 is 1. The van der Waals surface area contributed by atoms with E-state index in [9.17, 15) is 8.42 Å². The summed E-state index contributed by atoms with van der Waals surface area (Å²) in [5, 5.41) is 0. The SMILES string of the molecule is COc1ccc(N)c(OS(=O)(=O)c2ccc(C)cc2)c1. The molecule has 0 saturated heterocycles. The highest BCUT2D eigenvalue weighted by molar-refractivity contribution is 7.87. The van der Waals surface area contributed by atoms with Crippen LogP contribution in [0.5, 0.6) is 11.5 Å². The Kier molecular flexibility index (Phi) is 3.85. The number of nitrogens with two attached hydrogens (primary N) is 1. The minimum atomic E-state index is -3.91. The van der Waals surface area contributed by atoms with E-state index in [1.165, 1.54) is 31.4 Å². The fourth-order valence-corrected chi connectivity index (χ4v) is 2.53. The predicted molar refractivity (Wildman–Crippen MR) is 76.4 cm³/mol. The molecule has 2 rings (SSSR count). The summed E-state index contributed by atoms with van der Waals surface area (Å²) < 4.78 is 34.4. The second-order valence-corrected chi connectivity index (χ2v) is 5.80. The first-order valence-electron chi connectivity index (χ1n) is 5.87. The van der Waals surface area contributed by atoms with E-state index in [2.05, 4.69) is 0 Å². The third-order valence-corrected chi connectivity index (χ3v) is 3.98. The molecule has 0 aromatic heterocycles. The maximum atomic E-state index is 12.1. The molecule has 0 aliphatic rings. The predicted octanol–water partition coefficient (Wildman–Crippen LogP) is 2.35. The largest absolute Gasteiger partial charge is 0.497 e. The molecular weight excluding hydrogens is 278 g/mol. The van der Waals surface area contributed by atoms with Gasteiger partial charge in [-0.25, -0.2) is 0 Å². The molecule has 0 aliphatic heterocycles. The topological polar surface area (TPSA) is 78.6 Å². The minimum absolute atomic E-state index is 0.0462. The van der Waals surface area contributed by atoms with Crippen LogP contribution in [0, 0.1) is 6.92 Å². The Labute approximate surface area is 118 Å². The Hall–Kier alpha value is -2.21. The van der Waals surface area contributed by atoms with Crippen LogP contribution >= 0.6 is 0 Å². The van der Waals surface area contributed by atoms with Crippen molar-refractivity contribution < 1.29 is 17.3 Å². The number of aryl methyl sites for hydroxylation is 1. The lowest BCUT2D eigenvalue weighted by atomic mass is 10.2. The zero-order chi connectivity index (χ0) is 14.8. The number of hydrogen-bond acceptors (Lipinski definition) is 5. The molecule has 6 heteroatoms. The Balaban J connectivity index is 2.35. The third-order valence-electron chi connectivity index (χ3n) is 2.73. The molecule has 0 saturated carbocycles. The van der Waals surface area contributed by atoms with Crippen molar-refractivity contribution in [3.8, 4) is 11.5 Å². The minimum Gasteiger partial charge on any atom is -0.497 e. The standard InChI is InChI=1S/C14H15NO4S/c1-10-3-6-12(7-4-10)20(16,17)19-14-9-11(18-2)5-8-13(14)15/h3-9H,15H2,1-2H3. The summed E-state index contributed by atoms with van der Waals surface area (Å²) >= 11 is 0. The third kappa shape index (κ3) is 3.03. The fraction of sp³-hybridized carbons (Fsp3) is 0.143. The first-order valence-corrected chi connectivity index (χ1v) is 7.28. The molecule has 5 nitrogen and oxygen atoms in total. The van der Waals surface area contributed by atoms with Gasteiger partial charge in [-0.2, -0.15) is 8.42 Å². The van der Waals surface area contributed by atoms with E-state index >= 15 is 0 Å². The molecule has 0 atom stereocenters. The molecule has 2 aromatic rings. The van der Waals surface area contributed by atoms with E-state index in [1.54, 1.807) is 18.2 Å². The number of anilines is 1. The van der Waals surface area contributed by atoms with Gasteiger partial charge in [0.15, 0.2) is 5.75 Å². The van der Waals surface area contributed by atoms with Crippen LogP contribution < -0.4 is 14.7 Å². The van der Waals surface area contributed by atoms with E-state index in [-0.39, 0.29) is 16.3 Å². The molecule has 0 fully saturated rings. The normalized spacial score (nSPS) is 11.1. The smallest absolute Gasteiger partial charge is 0.339 e. The maximum absolute atomic E-state index is 12.1. The molecule has 0 heterocycles. The van der Waals surface area contributed by atoms with Crippen LogP contribution in [0.3, 0.4) is 0 Å². The maximum Gasteiger partial charge on any atom is 0.339 e. The molecule has 0 amide bonds. The van der Waals surface area contributed by atoms with E-state index in [1.807, 2.05) is 6.92 Å². The van der Waals surface area contributed by atoms with Crippen LogP contribution in [0.25, 0.3) is 0 Å². The summed E-state index contributed by atoms with van der Waals surface area (Å²) in [5.41, 5.74) is 6.89. The lowest BCUT2D eigenvalue weighted by Gasteiger charge is -2.10. The van der Waals surface area contributed by atoms with Gasteiger partial charge >= 0.3 is 10.1 Å². The highest BCUT2D eigenvalue weighted by Gasteiger charge is 2.18. The molecule has 0 spiro atoms. The molecule has 0 aliphatic carbocycles. The summed E-state index contributed by atoms with van der Waals surface area (Å²) in [7, 11) is -2.44. The van der Waals surface area contributed by atoms with Crippen molar-refractivity contribution in [2.45, 2.75) is 11.8 Å².